The number of anilines is 1. The molecule has 0 bridgehead atoms. The molecule has 96 valence electrons. The molecule has 17 heavy (non-hydrogen) atoms. The summed E-state index contributed by atoms with van der Waals surface area (Å²) in [5, 5.41) is 0. The third-order valence-corrected chi connectivity index (χ3v) is 4.17. The number of hydrogen-bond acceptors (Lipinski definition) is 3. The van der Waals surface area contributed by atoms with Gasteiger partial charge in [-0.15, -0.1) is 0 Å². The molecule has 1 rings (SSSR count). The second-order valence-corrected chi connectivity index (χ2v) is 6.73. The Labute approximate surface area is 116 Å². The van der Waals surface area contributed by atoms with Crippen molar-refractivity contribution in [3.8, 4) is 0 Å². The van der Waals surface area contributed by atoms with E-state index in [1.807, 2.05) is 0 Å². The van der Waals surface area contributed by atoms with E-state index in [-0.39, 0.29) is 0 Å². The van der Waals surface area contributed by atoms with Crippen molar-refractivity contribution in [2.24, 2.45) is 5.41 Å². The molecule has 0 aliphatic rings. The van der Waals surface area contributed by atoms with E-state index in [1.54, 1.807) is 0 Å². The van der Waals surface area contributed by atoms with Crippen LogP contribution in [0.25, 0.3) is 0 Å². The van der Waals surface area contributed by atoms with Gasteiger partial charge in [0.1, 0.15) is 0 Å². The van der Waals surface area contributed by atoms with Gasteiger partial charge in [0.15, 0.2) is 0 Å². The van der Waals surface area contributed by atoms with Gasteiger partial charge in [0, 0.05) is 13.6 Å². The summed E-state index contributed by atoms with van der Waals surface area (Å²) < 4.78 is 1.83. The lowest BCUT2D eigenvalue weighted by molar-refractivity contribution is 0.365. The van der Waals surface area contributed by atoms with E-state index in [0.29, 0.717) is 5.41 Å². The summed E-state index contributed by atoms with van der Waals surface area (Å²) in [5.41, 5.74) is 2.95. The van der Waals surface area contributed by atoms with E-state index < -0.39 is 0 Å². The minimum absolute atomic E-state index is 0.406. The first kappa shape index (κ1) is 14.8. The molecule has 0 N–H and O–H groups in total. The molecule has 0 radical (unpaired) electrons. The van der Waals surface area contributed by atoms with Crippen LogP contribution in [0.15, 0.2) is 0 Å². The second kappa shape index (κ2) is 5.57. The van der Waals surface area contributed by atoms with Crippen LogP contribution in [0.5, 0.6) is 0 Å². The Kier molecular flexibility index (Phi) is 4.85. The van der Waals surface area contributed by atoms with Gasteiger partial charge in [-0.1, -0.05) is 45.2 Å². The average Bonchev–Trinajstić information content (AvgIpc) is 2.25. The van der Waals surface area contributed by atoms with E-state index >= 15 is 0 Å². The van der Waals surface area contributed by atoms with Crippen LogP contribution in [0.4, 0.5) is 5.69 Å². The van der Waals surface area contributed by atoms with Crippen LogP contribution in [-0.2, 0) is 6.42 Å². The SMILES string of the molecule is CCN(C)c1c(CCCC(C)(C)C)c(=S)c1=S. The summed E-state index contributed by atoms with van der Waals surface area (Å²) in [5.74, 6) is 0. The monoisotopic (exact) mass is 269 g/mol. The smallest absolute Gasteiger partial charge is 0.0798 e. The molecule has 3 heteroatoms. The predicted molar refractivity (Wildman–Crippen MR) is 81.8 cm³/mol. The van der Waals surface area contributed by atoms with Crippen molar-refractivity contribution in [2.45, 2.75) is 47.0 Å². The molecule has 1 aromatic carbocycles. The molecular formula is C14H23NS2. The molecular weight excluding hydrogens is 246 g/mol. The van der Waals surface area contributed by atoms with E-state index in [1.165, 1.54) is 24.1 Å². The van der Waals surface area contributed by atoms with Gasteiger partial charge in [-0.2, -0.15) is 0 Å². The van der Waals surface area contributed by atoms with Crippen molar-refractivity contribution in [2.75, 3.05) is 18.5 Å². The summed E-state index contributed by atoms with van der Waals surface area (Å²) in [6.45, 7) is 9.98. The zero-order valence-corrected chi connectivity index (χ0v) is 13.2. The topological polar surface area (TPSA) is 3.24 Å². The van der Waals surface area contributed by atoms with Gasteiger partial charge in [0.05, 0.1) is 14.7 Å². The Balaban J connectivity index is 2.70. The summed E-state index contributed by atoms with van der Waals surface area (Å²) in [6.07, 6.45) is 3.51. The quantitative estimate of drug-likeness (QED) is 0.704. The molecule has 0 aliphatic carbocycles. The highest BCUT2D eigenvalue weighted by Crippen LogP contribution is 2.32. The van der Waals surface area contributed by atoms with Crippen LogP contribution in [0.1, 0.15) is 46.1 Å². The van der Waals surface area contributed by atoms with Crippen molar-refractivity contribution in [3.05, 3.63) is 14.6 Å². The Morgan fingerprint density at radius 3 is 2.18 bits per heavy atom. The fourth-order valence-corrected chi connectivity index (χ4v) is 2.71. The van der Waals surface area contributed by atoms with Gasteiger partial charge in [0.25, 0.3) is 0 Å². The van der Waals surface area contributed by atoms with Crippen LogP contribution >= 0.6 is 24.4 Å². The fraction of sp³-hybridized carbons (Fsp3) is 0.714. The zero-order valence-electron chi connectivity index (χ0n) is 11.6. The van der Waals surface area contributed by atoms with Crippen LogP contribution in [0.3, 0.4) is 0 Å². The Morgan fingerprint density at radius 1 is 1.12 bits per heavy atom. The first-order chi connectivity index (χ1) is 7.78. The molecule has 1 nitrogen and oxygen atoms in total. The zero-order chi connectivity index (χ0) is 13.2. The lowest BCUT2D eigenvalue weighted by Crippen LogP contribution is -2.21. The summed E-state index contributed by atoms with van der Waals surface area (Å²) >= 11 is 10.7. The van der Waals surface area contributed by atoms with E-state index in [0.717, 1.165) is 22.0 Å². The minimum atomic E-state index is 0.406. The first-order valence-electron chi connectivity index (χ1n) is 6.31. The predicted octanol–water partition coefficient (Wildman–Crippen LogP) is 4.85. The average molecular weight is 269 g/mol. The Hall–Kier alpha value is -0.280. The van der Waals surface area contributed by atoms with Gasteiger partial charge < -0.3 is 4.90 Å². The van der Waals surface area contributed by atoms with Crippen LogP contribution < -0.4 is 4.90 Å². The highest BCUT2D eigenvalue weighted by atomic mass is 32.1. The van der Waals surface area contributed by atoms with Gasteiger partial charge in [-0.05, 0) is 37.2 Å². The molecule has 0 amide bonds. The van der Waals surface area contributed by atoms with Gasteiger partial charge in [0.2, 0.25) is 0 Å². The summed E-state index contributed by atoms with van der Waals surface area (Å²) in [4.78, 5) is 2.21. The molecule has 0 saturated heterocycles. The van der Waals surface area contributed by atoms with E-state index in [2.05, 4.69) is 39.6 Å². The number of nitrogens with zero attached hydrogens (tertiary/aromatic N) is 1. The summed E-state index contributed by atoms with van der Waals surface area (Å²) in [6, 6.07) is 0. The highest BCUT2D eigenvalue weighted by molar-refractivity contribution is 7.74. The molecule has 0 fully saturated rings. The largest absolute Gasteiger partial charge is 0.373 e. The molecule has 0 atom stereocenters. The molecule has 0 heterocycles. The lowest BCUT2D eigenvalue weighted by atomic mass is 9.88. The third kappa shape index (κ3) is 3.59. The number of rotatable bonds is 5. The Bertz CT molecular complexity index is 447. The molecule has 0 saturated carbocycles. The lowest BCUT2D eigenvalue weighted by Gasteiger charge is -2.25. The van der Waals surface area contributed by atoms with Crippen molar-refractivity contribution in [1.82, 2.24) is 0 Å². The third-order valence-electron chi connectivity index (χ3n) is 3.19. The highest BCUT2D eigenvalue weighted by Gasteiger charge is 2.18. The summed E-state index contributed by atoms with van der Waals surface area (Å²) in [7, 11) is 2.09. The van der Waals surface area contributed by atoms with Gasteiger partial charge in [-0.3, -0.25) is 0 Å². The molecule has 0 aliphatic heterocycles. The van der Waals surface area contributed by atoms with Crippen molar-refractivity contribution in [1.29, 1.82) is 0 Å². The number of hydrogen-bond donors (Lipinski definition) is 0. The van der Waals surface area contributed by atoms with Crippen molar-refractivity contribution in [3.63, 3.8) is 0 Å². The molecule has 0 aromatic heterocycles. The van der Waals surface area contributed by atoms with Crippen LogP contribution in [-0.4, -0.2) is 13.6 Å². The fourth-order valence-electron chi connectivity index (χ4n) is 2.02. The van der Waals surface area contributed by atoms with E-state index in [4.69, 9.17) is 24.4 Å². The second-order valence-electron chi connectivity index (χ2n) is 5.91. The molecule has 0 unspecified atom stereocenters. The van der Waals surface area contributed by atoms with Crippen LogP contribution in [0, 0.1) is 14.4 Å². The van der Waals surface area contributed by atoms with Crippen LogP contribution in [0.2, 0.25) is 0 Å². The molecule has 1 aromatic rings. The standard InChI is InChI=1S/C14H23NS2/c1-6-15(5)11-10(12(16)13(11)17)8-7-9-14(2,3)4/h6-9H2,1-5H3. The van der Waals surface area contributed by atoms with Gasteiger partial charge >= 0.3 is 0 Å². The van der Waals surface area contributed by atoms with Crippen molar-refractivity contribution < 1.29 is 0 Å². The van der Waals surface area contributed by atoms with Gasteiger partial charge in [-0.25, -0.2) is 0 Å². The first-order valence-corrected chi connectivity index (χ1v) is 7.13. The minimum Gasteiger partial charge on any atom is -0.373 e. The maximum atomic E-state index is 5.35. The van der Waals surface area contributed by atoms with Crippen molar-refractivity contribution >= 4 is 30.1 Å². The normalized spacial score (nSPS) is 12.1. The maximum Gasteiger partial charge on any atom is 0.0798 e. The molecule has 0 spiro atoms. The van der Waals surface area contributed by atoms with E-state index in [9.17, 15) is 0 Å². The maximum absolute atomic E-state index is 5.35. The Morgan fingerprint density at radius 2 is 1.71 bits per heavy atom.